The second kappa shape index (κ2) is 6.75. The van der Waals surface area contributed by atoms with Crippen LogP contribution in [0.15, 0.2) is 24.3 Å². The molecule has 0 spiro atoms. The van der Waals surface area contributed by atoms with Crippen molar-refractivity contribution >= 4 is 11.7 Å². The summed E-state index contributed by atoms with van der Waals surface area (Å²) in [4.78, 5) is 14.1. The minimum Gasteiger partial charge on any atom is -0.462 e. The van der Waals surface area contributed by atoms with E-state index in [0.717, 1.165) is 25.1 Å². The van der Waals surface area contributed by atoms with E-state index in [2.05, 4.69) is 24.2 Å². The summed E-state index contributed by atoms with van der Waals surface area (Å²) in [6.45, 7) is 5.59. The van der Waals surface area contributed by atoms with Crippen molar-refractivity contribution in [1.82, 2.24) is 4.90 Å². The Morgan fingerprint density at radius 3 is 3.00 bits per heavy atom. The van der Waals surface area contributed by atoms with Gasteiger partial charge in [-0.1, -0.05) is 6.07 Å². The molecular formula is C16H24N2O2. The molecule has 1 fully saturated rings. The van der Waals surface area contributed by atoms with Crippen LogP contribution in [0.3, 0.4) is 0 Å². The average molecular weight is 276 g/mol. The highest BCUT2D eigenvalue weighted by Crippen LogP contribution is 2.20. The van der Waals surface area contributed by atoms with Gasteiger partial charge in [-0.05, 0) is 51.9 Å². The first-order valence-electron chi connectivity index (χ1n) is 7.34. The quantitative estimate of drug-likeness (QED) is 0.859. The molecule has 4 nitrogen and oxygen atoms in total. The average Bonchev–Trinajstić information content (AvgIpc) is 2.43. The van der Waals surface area contributed by atoms with Crippen LogP contribution in [0.1, 0.15) is 37.0 Å². The van der Waals surface area contributed by atoms with Crippen molar-refractivity contribution in [1.29, 1.82) is 0 Å². The molecule has 2 rings (SSSR count). The molecule has 0 amide bonds. The van der Waals surface area contributed by atoms with Crippen LogP contribution in [0.25, 0.3) is 0 Å². The van der Waals surface area contributed by atoms with Crippen molar-refractivity contribution in [3.05, 3.63) is 29.8 Å². The molecule has 0 bridgehead atoms. The van der Waals surface area contributed by atoms with E-state index in [9.17, 15) is 4.79 Å². The highest BCUT2D eigenvalue weighted by atomic mass is 16.5. The standard InChI is InChI=1S/C16H24N2O2/c1-4-20-16(19)13-6-5-7-14(11-13)17-15-8-9-18(3)12(2)10-15/h5-7,11-12,15,17H,4,8-10H2,1-3H3. The maximum atomic E-state index is 11.7. The van der Waals surface area contributed by atoms with Gasteiger partial charge in [-0.15, -0.1) is 0 Å². The molecule has 2 atom stereocenters. The van der Waals surface area contributed by atoms with E-state index in [1.54, 1.807) is 6.07 Å². The van der Waals surface area contributed by atoms with Crippen molar-refractivity contribution in [2.45, 2.75) is 38.8 Å². The molecule has 2 unspecified atom stereocenters. The van der Waals surface area contributed by atoms with E-state index in [0.29, 0.717) is 24.3 Å². The summed E-state index contributed by atoms with van der Waals surface area (Å²) in [6, 6.07) is 8.63. The van der Waals surface area contributed by atoms with Gasteiger partial charge in [0, 0.05) is 24.3 Å². The summed E-state index contributed by atoms with van der Waals surface area (Å²) in [5, 5.41) is 3.53. The highest BCUT2D eigenvalue weighted by Gasteiger charge is 2.22. The number of nitrogens with one attached hydrogen (secondary N) is 1. The number of esters is 1. The SMILES string of the molecule is CCOC(=O)c1cccc(NC2CCN(C)C(C)C2)c1. The van der Waals surface area contributed by atoms with Crippen molar-refractivity contribution in [3.63, 3.8) is 0 Å². The zero-order chi connectivity index (χ0) is 14.5. The summed E-state index contributed by atoms with van der Waals surface area (Å²) in [7, 11) is 2.17. The van der Waals surface area contributed by atoms with Crippen molar-refractivity contribution in [3.8, 4) is 0 Å². The van der Waals surface area contributed by atoms with Crippen LogP contribution in [0.5, 0.6) is 0 Å². The summed E-state index contributed by atoms with van der Waals surface area (Å²) in [6.07, 6.45) is 2.25. The normalized spacial score (nSPS) is 23.4. The van der Waals surface area contributed by atoms with E-state index in [-0.39, 0.29) is 5.97 Å². The van der Waals surface area contributed by atoms with Gasteiger partial charge in [0.05, 0.1) is 12.2 Å². The van der Waals surface area contributed by atoms with E-state index in [1.807, 2.05) is 25.1 Å². The fourth-order valence-electron chi connectivity index (χ4n) is 2.61. The van der Waals surface area contributed by atoms with Crippen LogP contribution in [-0.4, -0.2) is 43.2 Å². The van der Waals surface area contributed by atoms with E-state index >= 15 is 0 Å². The Morgan fingerprint density at radius 2 is 2.30 bits per heavy atom. The molecule has 1 saturated heterocycles. The minimum absolute atomic E-state index is 0.257. The number of hydrogen-bond acceptors (Lipinski definition) is 4. The molecule has 0 radical (unpaired) electrons. The molecule has 1 aromatic rings. The third-order valence-corrected chi connectivity index (χ3v) is 3.95. The minimum atomic E-state index is -0.257. The molecule has 4 heteroatoms. The van der Waals surface area contributed by atoms with E-state index < -0.39 is 0 Å². The summed E-state index contributed by atoms with van der Waals surface area (Å²) in [5.41, 5.74) is 1.61. The number of carbonyl (C=O) groups excluding carboxylic acids is 1. The van der Waals surface area contributed by atoms with Gasteiger partial charge in [0.15, 0.2) is 0 Å². The molecule has 0 saturated carbocycles. The van der Waals surface area contributed by atoms with Crippen LogP contribution < -0.4 is 5.32 Å². The third-order valence-electron chi connectivity index (χ3n) is 3.95. The van der Waals surface area contributed by atoms with Gasteiger partial charge >= 0.3 is 5.97 Å². The molecule has 1 aliphatic heterocycles. The zero-order valence-corrected chi connectivity index (χ0v) is 12.6. The van der Waals surface area contributed by atoms with Crippen molar-refractivity contribution in [2.24, 2.45) is 0 Å². The Kier molecular flexibility index (Phi) is 5.01. The largest absolute Gasteiger partial charge is 0.462 e. The van der Waals surface area contributed by atoms with Crippen LogP contribution in [-0.2, 0) is 4.74 Å². The molecule has 110 valence electrons. The number of ether oxygens (including phenoxy) is 1. The predicted molar refractivity (Wildman–Crippen MR) is 81.1 cm³/mol. The van der Waals surface area contributed by atoms with Gasteiger partial charge in [-0.3, -0.25) is 0 Å². The Hall–Kier alpha value is -1.55. The number of benzene rings is 1. The number of piperidine rings is 1. The first-order valence-corrected chi connectivity index (χ1v) is 7.34. The number of carbonyl (C=O) groups is 1. The number of likely N-dealkylation sites (tertiary alicyclic amines) is 1. The molecule has 1 aliphatic rings. The lowest BCUT2D eigenvalue weighted by atomic mass is 9.98. The van der Waals surface area contributed by atoms with Crippen LogP contribution in [0.2, 0.25) is 0 Å². The first kappa shape index (κ1) is 14.9. The van der Waals surface area contributed by atoms with Gasteiger partial charge in [0.1, 0.15) is 0 Å². The van der Waals surface area contributed by atoms with Gasteiger partial charge in [0.2, 0.25) is 0 Å². The second-order valence-electron chi connectivity index (χ2n) is 5.50. The first-order chi connectivity index (χ1) is 9.60. The number of anilines is 1. The van der Waals surface area contributed by atoms with Crippen LogP contribution >= 0.6 is 0 Å². The topological polar surface area (TPSA) is 41.6 Å². The van der Waals surface area contributed by atoms with Gasteiger partial charge in [-0.25, -0.2) is 4.79 Å². The Morgan fingerprint density at radius 1 is 1.50 bits per heavy atom. The highest BCUT2D eigenvalue weighted by molar-refractivity contribution is 5.90. The fourth-order valence-corrected chi connectivity index (χ4v) is 2.61. The lowest BCUT2D eigenvalue weighted by molar-refractivity contribution is 0.0526. The fraction of sp³-hybridized carbons (Fsp3) is 0.562. The number of rotatable bonds is 4. The lowest BCUT2D eigenvalue weighted by Gasteiger charge is -2.35. The van der Waals surface area contributed by atoms with E-state index in [1.165, 1.54) is 0 Å². The number of hydrogen-bond donors (Lipinski definition) is 1. The predicted octanol–water partition coefficient (Wildman–Crippen LogP) is 2.76. The smallest absolute Gasteiger partial charge is 0.338 e. The maximum absolute atomic E-state index is 11.7. The van der Waals surface area contributed by atoms with Crippen LogP contribution in [0, 0.1) is 0 Å². The second-order valence-corrected chi connectivity index (χ2v) is 5.50. The Balaban J connectivity index is 1.99. The zero-order valence-electron chi connectivity index (χ0n) is 12.6. The summed E-state index contributed by atoms with van der Waals surface area (Å²) >= 11 is 0. The Bertz CT molecular complexity index is 462. The molecule has 0 aromatic heterocycles. The third kappa shape index (κ3) is 3.73. The molecule has 1 aromatic carbocycles. The van der Waals surface area contributed by atoms with Gasteiger partial charge in [-0.2, -0.15) is 0 Å². The molecule has 20 heavy (non-hydrogen) atoms. The van der Waals surface area contributed by atoms with Gasteiger partial charge < -0.3 is 15.0 Å². The summed E-state index contributed by atoms with van der Waals surface area (Å²) in [5.74, 6) is -0.257. The van der Waals surface area contributed by atoms with Crippen molar-refractivity contribution in [2.75, 3.05) is 25.5 Å². The maximum Gasteiger partial charge on any atom is 0.338 e. The molecule has 1 heterocycles. The molecular weight excluding hydrogens is 252 g/mol. The number of nitrogens with zero attached hydrogens (tertiary/aromatic N) is 1. The van der Waals surface area contributed by atoms with E-state index in [4.69, 9.17) is 4.74 Å². The Labute approximate surface area is 121 Å². The van der Waals surface area contributed by atoms with Crippen molar-refractivity contribution < 1.29 is 9.53 Å². The molecule has 1 N–H and O–H groups in total. The van der Waals surface area contributed by atoms with Gasteiger partial charge in [0.25, 0.3) is 0 Å². The summed E-state index contributed by atoms with van der Waals surface area (Å²) < 4.78 is 5.03. The van der Waals surface area contributed by atoms with Crippen LogP contribution in [0.4, 0.5) is 5.69 Å². The monoisotopic (exact) mass is 276 g/mol. The lowest BCUT2D eigenvalue weighted by Crippen LogP contribution is -2.42. The molecule has 0 aliphatic carbocycles.